The van der Waals surface area contributed by atoms with E-state index in [1.807, 2.05) is 12.1 Å². The van der Waals surface area contributed by atoms with Gasteiger partial charge >= 0.3 is 0 Å². The van der Waals surface area contributed by atoms with Crippen molar-refractivity contribution in [2.24, 2.45) is 0 Å². The van der Waals surface area contributed by atoms with E-state index in [1.54, 1.807) is 14.2 Å². The Morgan fingerprint density at radius 2 is 1.61 bits per heavy atom. The lowest BCUT2D eigenvalue weighted by Gasteiger charge is -2.24. The van der Waals surface area contributed by atoms with Crippen molar-refractivity contribution in [1.82, 2.24) is 14.5 Å². The van der Waals surface area contributed by atoms with Gasteiger partial charge in [0.2, 0.25) is 0 Å². The Balaban J connectivity index is 1.60. The number of methoxy groups -OCH3 is 2. The molecule has 0 saturated carbocycles. The van der Waals surface area contributed by atoms with Crippen LogP contribution in [0, 0.1) is 0 Å². The number of hydrogen-bond donors (Lipinski definition) is 0. The minimum absolute atomic E-state index is 0.824. The van der Waals surface area contributed by atoms with Crippen LogP contribution in [0.5, 0.6) is 11.5 Å². The lowest BCUT2D eigenvalue weighted by Crippen LogP contribution is -2.27. The molecule has 4 rings (SSSR count). The number of imidazole rings is 1. The van der Waals surface area contributed by atoms with Gasteiger partial charge in [-0.3, -0.25) is 4.90 Å². The van der Waals surface area contributed by atoms with E-state index < -0.39 is 0 Å². The van der Waals surface area contributed by atoms with E-state index in [2.05, 4.69) is 89.3 Å². The van der Waals surface area contributed by atoms with Gasteiger partial charge in [0.25, 0.3) is 0 Å². The zero-order valence-electron chi connectivity index (χ0n) is 21.7. The molecule has 0 aliphatic carbocycles. The molecule has 0 atom stereocenters. The third-order valence-electron chi connectivity index (χ3n) is 6.53. The predicted octanol–water partition coefficient (Wildman–Crippen LogP) is 6.61. The molecule has 5 nitrogen and oxygen atoms in total. The molecule has 0 aliphatic heterocycles. The predicted molar refractivity (Wildman–Crippen MR) is 146 cm³/mol. The number of hydrogen-bond acceptors (Lipinski definition) is 4. The fraction of sp³-hybridized carbons (Fsp3) is 0.323. The van der Waals surface area contributed by atoms with Crippen molar-refractivity contribution < 1.29 is 9.47 Å². The second kappa shape index (κ2) is 12.9. The minimum Gasteiger partial charge on any atom is -0.497 e. The molecule has 0 unspecified atom stereocenters. The van der Waals surface area contributed by atoms with Gasteiger partial charge in [-0.2, -0.15) is 0 Å². The maximum Gasteiger partial charge on any atom is 0.140 e. The fourth-order valence-corrected chi connectivity index (χ4v) is 4.56. The molecule has 3 aromatic carbocycles. The maximum atomic E-state index is 5.64. The maximum absolute atomic E-state index is 5.64. The Morgan fingerprint density at radius 1 is 0.861 bits per heavy atom. The van der Waals surface area contributed by atoms with Gasteiger partial charge < -0.3 is 14.0 Å². The van der Waals surface area contributed by atoms with Crippen LogP contribution < -0.4 is 9.47 Å². The Hall–Kier alpha value is -3.57. The summed E-state index contributed by atoms with van der Waals surface area (Å²) in [6.07, 6.45) is 5.20. The van der Waals surface area contributed by atoms with Gasteiger partial charge in [-0.25, -0.2) is 4.98 Å². The number of nitrogens with zero attached hydrogens (tertiary/aromatic N) is 3. The second-order valence-corrected chi connectivity index (χ2v) is 9.07. The quantitative estimate of drug-likeness (QED) is 0.214. The molecule has 36 heavy (non-hydrogen) atoms. The molecule has 1 aromatic heterocycles. The molecule has 188 valence electrons. The molecule has 5 heteroatoms. The number of benzene rings is 3. The highest BCUT2D eigenvalue weighted by Gasteiger charge is 2.16. The van der Waals surface area contributed by atoms with E-state index in [0.29, 0.717) is 0 Å². The van der Waals surface area contributed by atoms with Gasteiger partial charge in [0, 0.05) is 31.7 Å². The SMILES string of the molecule is CCCCn1c(CN(CCc2cc(OC)ccc2OC)Cc2ccccc2)cnc1-c1ccccc1. The number of unbranched alkanes of at least 4 members (excludes halogenated alkanes) is 1. The standard InChI is InChI=1S/C31H37N3O2/c1-4-5-19-34-28(22-32-31(34)26-14-10-7-11-15-26)24-33(23-25-12-8-6-9-13-25)20-18-27-21-29(35-2)16-17-30(27)36-3/h6-17,21-22H,4-5,18-20,23-24H2,1-3H3. The van der Waals surface area contributed by atoms with Crippen LogP contribution in [0.4, 0.5) is 0 Å². The lowest BCUT2D eigenvalue weighted by molar-refractivity contribution is 0.252. The van der Waals surface area contributed by atoms with Gasteiger partial charge in [-0.05, 0) is 42.2 Å². The molecular formula is C31H37N3O2. The molecule has 0 bridgehead atoms. The fourth-order valence-electron chi connectivity index (χ4n) is 4.56. The Bertz CT molecular complexity index is 1210. The van der Waals surface area contributed by atoms with Crippen LogP contribution in [0.2, 0.25) is 0 Å². The summed E-state index contributed by atoms with van der Waals surface area (Å²) in [5.41, 5.74) is 4.86. The van der Waals surface area contributed by atoms with Crippen molar-refractivity contribution in [2.75, 3.05) is 20.8 Å². The zero-order chi connectivity index (χ0) is 25.2. The Morgan fingerprint density at radius 3 is 2.31 bits per heavy atom. The molecule has 0 fully saturated rings. The van der Waals surface area contributed by atoms with E-state index in [0.717, 1.165) is 73.9 Å². The highest BCUT2D eigenvalue weighted by atomic mass is 16.5. The first-order valence-corrected chi connectivity index (χ1v) is 12.8. The first-order valence-electron chi connectivity index (χ1n) is 12.8. The average molecular weight is 484 g/mol. The molecule has 0 aliphatic rings. The van der Waals surface area contributed by atoms with Crippen molar-refractivity contribution in [1.29, 1.82) is 0 Å². The average Bonchev–Trinajstić information content (AvgIpc) is 3.33. The summed E-state index contributed by atoms with van der Waals surface area (Å²) in [4.78, 5) is 7.37. The van der Waals surface area contributed by atoms with Gasteiger partial charge in [0.05, 0.1) is 26.1 Å². The lowest BCUT2D eigenvalue weighted by atomic mass is 10.1. The third kappa shape index (κ3) is 6.55. The highest BCUT2D eigenvalue weighted by Crippen LogP contribution is 2.26. The number of ether oxygens (including phenoxy) is 2. The van der Waals surface area contributed by atoms with Gasteiger partial charge in [-0.1, -0.05) is 74.0 Å². The monoisotopic (exact) mass is 483 g/mol. The molecule has 0 spiro atoms. The Labute approximate surface area is 215 Å². The molecule has 0 saturated heterocycles. The summed E-state index contributed by atoms with van der Waals surface area (Å²) < 4.78 is 13.5. The van der Waals surface area contributed by atoms with E-state index in [-0.39, 0.29) is 0 Å². The van der Waals surface area contributed by atoms with Crippen molar-refractivity contribution in [3.8, 4) is 22.9 Å². The van der Waals surface area contributed by atoms with Gasteiger partial charge in [0.1, 0.15) is 17.3 Å². The van der Waals surface area contributed by atoms with Crippen molar-refractivity contribution >= 4 is 0 Å². The smallest absolute Gasteiger partial charge is 0.140 e. The van der Waals surface area contributed by atoms with Crippen LogP contribution in [0.1, 0.15) is 36.6 Å². The molecular weight excluding hydrogens is 446 g/mol. The van der Waals surface area contributed by atoms with E-state index in [9.17, 15) is 0 Å². The first-order chi connectivity index (χ1) is 17.7. The van der Waals surface area contributed by atoms with Gasteiger partial charge in [0.15, 0.2) is 0 Å². The van der Waals surface area contributed by atoms with E-state index >= 15 is 0 Å². The summed E-state index contributed by atoms with van der Waals surface area (Å²) in [6.45, 7) is 5.79. The third-order valence-corrected chi connectivity index (χ3v) is 6.53. The van der Waals surface area contributed by atoms with E-state index in [1.165, 1.54) is 11.3 Å². The van der Waals surface area contributed by atoms with Crippen molar-refractivity contribution in [2.45, 2.75) is 45.8 Å². The molecule has 4 aromatic rings. The Kier molecular flexibility index (Phi) is 9.17. The molecule has 0 radical (unpaired) electrons. The normalized spacial score (nSPS) is 11.1. The second-order valence-electron chi connectivity index (χ2n) is 9.07. The van der Waals surface area contributed by atoms with Crippen LogP contribution in [0.15, 0.2) is 85.1 Å². The summed E-state index contributed by atoms with van der Waals surface area (Å²) in [7, 11) is 3.43. The van der Waals surface area contributed by atoms with Crippen LogP contribution in [-0.4, -0.2) is 35.2 Å². The van der Waals surface area contributed by atoms with E-state index in [4.69, 9.17) is 14.5 Å². The largest absolute Gasteiger partial charge is 0.497 e. The topological polar surface area (TPSA) is 39.5 Å². The minimum atomic E-state index is 0.824. The summed E-state index contributed by atoms with van der Waals surface area (Å²) in [6, 6.07) is 27.2. The van der Waals surface area contributed by atoms with Crippen LogP contribution >= 0.6 is 0 Å². The van der Waals surface area contributed by atoms with Crippen molar-refractivity contribution in [3.63, 3.8) is 0 Å². The molecule has 1 heterocycles. The summed E-state index contributed by atoms with van der Waals surface area (Å²) >= 11 is 0. The summed E-state index contributed by atoms with van der Waals surface area (Å²) in [5.74, 6) is 2.80. The highest BCUT2D eigenvalue weighted by molar-refractivity contribution is 5.55. The van der Waals surface area contributed by atoms with Crippen LogP contribution in [0.3, 0.4) is 0 Å². The number of rotatable bonds is 13. The van der Waals surface area contributed by atoms with Crippen molar-refractivity contribution in [3.05, 3.63) is 102 Å². The van der Waals surface area contributed by atoms with Gasteiger partial charge in [-0.15, -0.1) is 0 Å². The zero-order valence-corrected chi connectivity index (χ0v) is 21.7. The van der Waals surface area contributed by atoms with Crippen LogP contribution in [-0.2, 0) is 26.1 Å². The number of aromatic nitrogens is 2. The summed E-state index contributed by atoms with van der Waals surface area (Å²) in [5, 5.41) is 0. The first kappa shape index (κ1) is 25.5. The molecule has 0 amide bonds. The molecule has 0 N–H and O–H groups in total. The van der Waals surface area contributed by atoms with Crippen LogP contribution in [0.25, 0.3) is 11.4 Å².